The molecule has 0 aliphatic rings. The van der Waals surface area contributed by atoms with E-state index in [1.807, 2.05) is 13.0 Å². The molecule has 0 fully saturated rings. The van der Waals surface area contributed by atoms with E-state index >= 15 is 0 Å². The molecule has 0 saturated carbocycles. The summed E-state index contributed by atoms with van der Waals surface area (Å²) in [5, 5.41) is 19.5. The smallest absolute Gasteiger partial charge is 0.337 e. The number of carbonyl (C=O) groups excluding carboxylic acids is 1. The molecule has 0 spiro atoms. The number of nitrogens with two attached hydrogens (primary N) is 1. The van der Waals surface area contributed by atoms with Crippen LogP contribution in [0.15, 0.2) is 12.1 Å². The highest BCUT2D eigenvalue weighted by atomic mass is 16.5. The fourth-order valence-electron chi connectivity index (χ4n) is 1.68. The quantitative estimate of drug-likeness (QED) is 0.526. The van der Waals surface area contributed by atoms with Gasteiger partial charge in [0, 0.05) is 11.3 Å². The number of hydrogen-bond acceptors (Lipinski definition) is 5. The fraction of sp³-hybridized carbons (Fsp3) is 0.417. The second kappa shape index (κ2) is 5.16. The van der Waals surface area contributed by atoms with Gasteiger partial charge in [-0.2, -0.15) is 0 Å². The molecule has 94 valence electrons. The topological polar surface area (TPSA) is 92.8 Å². The standard InChI is InChI=1S/C12H17NO4/c1-6-4-7(2)9(13)8(5-6)10(14)11(15)12(16)17-3/h4-5,10-11,14-15H,13H2,1-3H3. The normalized spacial score (nSPS) is 14.2. The summed E-state index contributed by atoms with van der Waals surface area (Å²) >= 11 is 0. The first-order valence-electron chi connectivity index (χ1n) is 5.19. The number of benzene rings is 1. The molecule has 0 radical (unpaired) electrons. The minimum atomic E-state index is -1.64. The Morgan fingerprint density at radius 2 is 1.94 bits per heavy atom. The number of ether oxygens (including phenoxy) is 1. The summed E-state index contributed by atoms with van der Waals surface area (Å²) in [6.07, 6.45) is -3.02. The van der Waals surface area contributed by atoms with E-state index in [4.69, 9.17) is 5.73 Å². The van der Waals surface area contributed by atoms with Crippen molar-refractivity contribution in [1.29, 1.82) is 0 Å². The molecule has 0 aliphatic heterocycles. The molecule has 4 N–H and O–H groups in total. The minimum absolute atomic E-state index is 0.334. The molecule has 5 nitrogen and oxygen atoms in total. The molecular formula is C12H17NO4. The summed E-state index contributed by atoms with van der Waals surface area (Å²) in [7, 11) is 1.14. The highest BCUT2D eigenvalue weighted by Crippen LogP contribution is 2.27. The summed E-state index contributed by atoms with van der Waals surface area (Å²) in [6, 6.07) is 3.50. The second-order valence-electron chi connectivity index (χ2n) is 4.00. The molecule has 0 heterocycles. The lowest BCUT2D eigenvalue weighted by Crippen LogP contribution is -2.29. The molecular weight excluding hydrogens is 222 g/mol. The van der Waals surface area contributed by atoms with Crippen LogP contribution < -0.4 is 5.73 Å². The monoisotopic (exact) mass is 239 g/mol. The van der Waals surface area contributed by atoms with Crippen LogP contribution in [-0.4, -0.2) is 29.4 Å². The van der Waals surface area contributed by atoms with Gasteiger partial charge >= 0.3 is 5.97 Å². The molecule has 1 aromatic carbocycles. The highest BCUT2D eigenvalue weighted by Gasteiger charge is 2.28. The summed E-state index contributed by atoms with van der Waals surface area (Å²) in [4.78, 5) is 11.1. The zero-order valence-corrected chi connectivity index (χ0v) is 10.1. The zero-order valence-electron chi connectivity index (χ0n) is 10.1. The van der Waals surface area contributed by atoms with Gasteiger partial charge in [0.05, 0.1) is 7.11 Å². The van der Waals surface area contributed by atoms with Gasteiger partial charge in [0.1, 0.15) is 6.10 Å². The lowest BCUT2D eigenvalue weighted by atomic mass is 9.97. The van der Waals surface area contributed by atoms with Gasteiger partial charge in [-0.3, -0.25) is 0 Å². The number of rotatable bonds is 3. The van der Waals surface area contributed by atoms with Crippen molar-refractivity contribution in [3.8, 4) is 0 Å². The van der Waals surface area contributed by atoms with Gasteiger partial charge in [0.2, 0.25) is 0 Å². The van der Waals surface area contributed by atoms with Gasteiger partial charge in [-0.25, -0.2) is 4.79 Å². The largest absolute Gasteiger partial charge is 0.467 e. The van der Waals surface area contributed by atoms with E-state index in [2.05, 4.69) is 4.74 Å². The van der Waals surface area contributed by atoms with Crippen LogP contribution >= 0.6 is 0 Å². The van der Waals surface area contributed by atoms with Crippen LogP contribution in [0.2, 0.25) is 0 Å². The number of nitrogen functional groups attached to an aromatic ring is 1. The van der Waals surface area contributed by atoms with E-state index in [9.17, 15) is 15.0 Å². The van der Waals surface area contributed by atoms with Gasteiger partial charge in [0.25, 0.3) is 0 Å². The van der Waals surface area contributed by atoms with Crippen LogP contribution in [0.5, 0.6) is 0 Å². The molecule has 17 heavy (non-hydrogen) atoms. The number of carbonyl (C=O) groups is 1. The predicted octanol–water partition coefficient (Wildman–Crippen LogP) is 0.453. The maximum absolute atomic E-state index is 11.1. The highest BCUT2D eigenvalue weighted by molar-refractivity contribution is 5.76. The van der Waals surface area contributed by atoms with Crippen molar-refractivity contribution < 1.29 is 19.7 Å². The van der Waals surface area contributed by atoms with Crippen molar-refractivity contribution in [2.24, 2.45) is 0 Å². The summed E-state index contributed by atoms with van der Waals surface area (Å²) in [5.74, 6) is -0.893. The molecule has 2 atom stereocenters. The van der Waals surface area contributed by atoms with Crippen molar-refractivity contribution >= 4 is 11.7 Å². The Morgan fingerprint density at radius 3 is 2.47 bits per heavy atom. The maximum Gasteiger partial charge on any atom is 0.337 e. The number of aryl methyl sites for hydroxylation is 2. The third kappa shape index (κ3) is 2.75. The summed E-state index contributed by atoms with van der Waals surface area (Å²) in [5.41, 5.74) is 8.19. The third-order valence-corrected chi connectivity index (χ3v) is 2.62. The number of anilines is 1. The van der Waals surface area contributed by atoms with E-state index in [1.54, 1.807) is 13.0 Å². The molecule has 5 heteroatoms. The van der Waals surface area contributed by atoms with E-state index in [1.165, 1.54) is 0 Å². The lowest BCUT2D eigenvalue weighted by molar-refractivity contribution is -0.156. The molecule has 0 bridgehead atoms. The van der Waals surface area contributed by atoms with Crippen molar-refractivity contribution in [1.82, 2.24) is 0 Å². The Kier molecular flexibility index (Phi) is 4.09. The van der Waals surface area contributed by atoms with Gasteiger partial charge in [-0.15, -0.1) is 0 Å². The SMILES string of the molecule is COC(=O)C(O)C(O)c1cc(C)cc(C)c1N. The third-order valence-electron chi connectivity index (χ3n) is 2.62. The first-order valence-corrected chi connectivity index (χ1v) is 5.19. The number of aliphatic hydroxyl groups excluding tert-OH is 2. The average Bonchev–Trinajstić information content (AvgIpc) is 2.30. The van der Waals surface area contributed by atoms with Gasteiger partial charge in [-0.05, 0) is 19.4 Å². The molecule has 0 amide bonds. The van der Waals surface area contributed by atoms with Crippen LogP contribution in [0.4, 0.5) is 5.69 Å². The van der Waals surface area contributed by atoms with Gasteiger partial charge in [-0.1, -0.05) is 17.7 Å². The van der Waals surface area contributed by atoms with Gasteiger partial charge < -0.3 is 20.7 Å². The number of hydrogen-bond donors (Lipinski definition) is 3. The molecule has 0 aromatic heterocycles. The Balaban J connectivity index is 3.12. The maximum atomic E-state index is 11.1. The van der Waals surface area contributed by atoms with Crippen molar-refractivity contribution in [2.75, 3.05) is 12.8 Å². The molecule has 1 rings (SSSR count). The lowest BCUT2D eigenvalue weighted by Gasteiger charge is -2.19. The Morgan fingerprint density at radius 1 is 1.35 bits per heavy atom. The number of aliphatic hydroxyl groups is 2. The van der Waals surface area contributed by atoms with Crippen molar-refractivity contribution in [2.45, 2.75) is 26.1 Å². The van der Waals surface area contributed by atoms with E-state index < -0.39 is 18.2 Å². The zero-order chi connectivity index (χ0) is 13.2. The van der Waals surface area contributed by atoms with Crippen LogP contribution in [0, 0.1) is 13.8 Å². The minimum Gasteiger partial charge on any atom is -0.467 e. The van der Waals surface area contributed by atoms with E-state index in [-0.39, 0.29) is 0 Å². The van der Waals surface area contributed by atoms with Crippen LogP contribution in [0.3, 0.4) is 0 Å². The van der Waals surface area contributed by atoms with Crippen LogP contribution in [0.1, 0.15) is 22.8 Å². The average molecular weight is 239 g/mol. The van der Waals surface area contributed by atoms with E-state index in [0.717, 1.165) is 18.2 Å². The Bertz CT molecular complexity index is 431. The Hall–Kier alpha value is -1.59. The van der Waals surface area contributed by atoms with Crippen molar-refractivity contribution in [3.05, 3.63) is 28.8 Å². The Labute approximate surface area is 99.8 Å². The molecule has 0 aliphatic carbocycles. The van der Waals surface area contributed by atoms with Crippen LogP contribution in [-0.2, 0) is 9.53 Å². The number of methoxy groups -OCH3 is 1. The predicted molar refractivity (Wildman–Crippen MR) is 63.3 cm³/mol. The van der Waals surface area contributed by atoms with Crippen molar-refractivity contribution in [3.63, 3.8) is 0 Å². The molecule has 2 unspecified atom stereocenters. The van der Waals surface area contributed by atoms with Gasteiger partial charge in [0.15, 0.2) is 6.10 Å². The first kappa shape index (κ1) is 13.5. The first-order chi connectivity index (χ1) is 7.88. The second-order valence-corrected chi connectivity index (χ2v) is 4.00. The summed E-state index contributed by atoms with van der Waals surface area (Å²) < 4.78 is 4.37. The molecule has 0 saturated heterocycles. The van der Waals surface area contributed by atoms with E-state index in [0.29, 0.717) is 11.3 Å². The fourth-order valence-corrected chi connectivity index (χ4v) is 1.68. The summed E-state index contributed by atoms with van der Waals surface area (Å²) in [6.45, 7) is 3.64. The molecule has 1 aromatic rings. The van der Waals surface area contributed by atoms with Crippen LogP contribution in [0.25, 0.3) is 0 Å². The number of esters is 1.